The average molecular weight is 434 g/mol. The fourth-order valence-electron chi connectivity index (χ4n) is 2.52. The van der Waals surface area contributed by atoms with Crippen LogP contribution in [0, 0.1) is 0 Å². The average Bonchev–Trinajstić information content (AvgIpc) is 3.08. The van der Waals surface area contributed by atoms with Gasteiger partial charge >= 0.3 is 0 Å². The largest absolute Gasteiger partial charge is 0.394 e. The summed E-state index contributed by atoms with van der Waals surface area (Å²) in [6.45, 7) is 0.477. The number of hydrogen-bond acceptors (Lipinski definition) is 5. The van der Waals surface area contributed by atoms with Crippen LogP contribution in [0.3, 0.4) is 0 Å². The van der Waals surface area contributed by atoms with Gasteiger partial charge in [-0.1, -0.05) is 70.2 Å². The predicted octanol–water partition coefficient (Wildman–Crippen LogP) is 3.40. The Morgan fingerprint density at radius 1 is 1.04 bits per heavy atom. The lowest BCUT2D eigenvalue weighted by molar-refractivity contribution is 0.113. The SMILES string of the molecule is OCC(O)CSc1nnc(-c2ccc(Br)cc2)n1CCc1ccccc1. The third-order valence-corrected chi connectivity index (χ3v) is 5.54. The number of thioether (sulfide) groups is 1. The van der Waals surface area contributed by atoms with Gasteiger partial charge in [-0.3, -0.25) is 0 Å². The molecule has 0 saturated heterocycles. The summed E-state index contributed by atoms with van der Waals surface area (Å²) in [6, 6.07) is 18.2. The normalized spacial score (nSPS) is 12.3. The van der Waals surface area contributed by atoms with Gasteiger partial charge in [0.25, 0.3) is 0 Å². The predicted molar refractivity (Wildman–Crippen MR) is 107 cm³/mol. The lowest BCUT2D eigenvalue weighted by Gasteiger charge is -2.11. The third-order valence-electron chi connectivity index (χ3n) is 3.90. The molecule has 0 amide bonds. The number of halogens is 1. The molecule has 136 valence electrons. The summed E-state index contributed by atoms with van der Waals surface area (Å²) in [5, 5.41) is 28.1. The van der Waals surface area contributed by atoms with Gasteiger partial charge in [0.1, 0.15) is 0 Å². The first-order valence-corrected chi connectivity index (χ1v) is 10.1. The van der Waals surface area contributed by atoms with Gasteiger partial charge in [-0.25, -0.2) is 0 Å². The summed E-state index contributed by atoms with van der Waals surface area (Å²) in [5.74, 6) is 1.18. The third kappa shape index (κ3) is 4.94. The van der Waals surface area contributed by atoms with E-state index in [4.69, 9.17) is 5.11 Å². The van der Waals surface area contributed by atoms with Crippen LogP contribution in [0.1, 0.15) is 5.56 Å². The van der Waals surface area contributed by atoms with E-state index < -0.39 is 6.10 Å². The summed E-state index contributed by atoms with van der Waals surface area (Å²) in [4.78, 5) is 0. The van der Waals surface area contributed by atoms with E-state index in [0.29, 0.717) is 5.75 Å². The second kappa shape index (κ2) is 9.32. The van der Waals surface area contributed by atoms with Crippen LogP contribution in [0.5, 0.6) is 0 Å². The molecule has 0 saturated carbocycles. The van der Waals surface area contributed by atoms with Crippen LogP contribution < -0.4 is 0 Å². The minimum Gasteiger partial charge on any atom is -0.394 e. The molecule has 3 rings (SSSR count). The Labute approximate surface area is 165 Å². The second-order valence-corrected chi connectivity index (χ2v) is 7.75. The quantitative estimate of drug-likeness (QED) is 0.532. The van der Waals surface area contributed by atoms with Crippen LogP contribution in [0.4, 0.5) is 0 Å². The van der Waals surface area contributed by atoms with Gasteiger partial charge in [0.15, 0.2) is 11.0 Å². The van der Waals surface area contributed by atoms with E-state index in [-0.39, 0.29) is 6.61 Å². The van der Waals surface area contributed by atoms with Gasteiger partial charge < -0.3 is 14.8 Å². The topological polar surface area (TPSA) is 71.2 Å². The zero-order valence-corrected chi connectivity index (χ0v) is 16.5. The first-order chi connectivity index (χ1) is 12.7. The monoisotopic (exact) mass is 433 g/mol. The number of aromatic nitrogens is 3. The van der Waals surface area contributed by atoms with Crippen molar-refractivity contribution in [1.82, 2.24) is 14.8 Å². The van der Waals surface area contributed by atoms with Crippen molar-refractivity contribution in [2.75, 3.05) is 12.4 Å². The van der Waals surface area contributed by atoms with E-state index in [1.165, 1.54) is 17.3 Å². The molecular formula is C19H20BrN3O2S. The van der Waals surface area contributed by atoms with Crippen molar-refractivity contribution < 1.29 is 10.2 Å². The summed E-state index contributed by atoms with van der Waals surface area (Å²) in [5.41, 5.74) is 2.23. The molecule has 0 radical (unpaired) electrons. The van der Waals surface area contributed by atoms with Gasteiger partial charge in [-0.2, -0.15) is 0 Å². The molecule has 1 aromatic heterocycles. The zero-order chi connectivity index (χ0) is 18.4. The molecule has 3 aromatic rings. The number of nitrogens with zero attached hydrogens (tertiary/aromatic N) is 3. The van der Waals surface area contributed by atoms with E-state index in [0.717, 1.165) is 34.0 Å². The van der Waals surface area contributed by atoms with Crippen molar-refractivity contribution in [3.63, 3.8) is 0 Å². The van der Waals surface area contributed by atoms with Crippen LogP contribution in [0.25, 0.3) is 11.4 Å². The lowest BCUT2D eigenvalue weighted by atomic mass is 10.1. The number of benzene rings is 2. The minimum atomic E-state index is -0.768. The van der Waals surface area contributed by atoms with Gasteiger partial charge in [0, 0.05) is 22.3 Å². The molecule has 0 aliphatic carbocycles. The Balaban J connectivity index is 1.85. The van der Waals surface area contributed by atoms with Gasteiger partial charge in [0.2, 0.25) is 0 Å². The maximum atomic E-state index is 9.64. The minimum absolute atomic E-state index is 0.259. The van der Waals surface area contributed by atoms with Crippen molar-refractivity contribution in [2.45, 2.75) is 24.2 Å². The molecule has 0 fully saturated rings. The van der Waals surface area contributed by atoms with Crippen molar-refractivity contribution in [3.8, 4) is 11.4 Å². The Hall–Kier alpha value is -1.67. The molecule has 1 heterocycles. The zero-order valence-electron chi connectivity index (χ0n) is 14.1. The molecule has 0 spiro atoms. The highest BCUT2D eigenvalue weighted by molar-refractivity contribution is 9.10. The number of rotatable bonds is 8. The summed E-state index contributed by atoms with van der Waals surface area (Å²) in [6.07, 6.45) is 0.0915. The van der Waals surface area contributed by atoms with E-state index >= 15 is 0 Å². The van der Waals surface area contributed by atoms with Crippen LogP contribution in [-0.4, -0.2) is 43.4 Å². The Morgan fingerprint density at radius 2 is 1.77 bits per heavy atom. The van der Waals surface area contributed by atoms with E-state index in [9.17, 15) is 5.11 Å². The van der Waals surface area contributed by atoms with Crippen molar-refractivity contribution in [2.24, 2.45) is 0 Å². The van der Waals surface area contributed by atoms with Gasteiger partial charge in [-0.05, 0) is 24.1 Å². The van der Waals surface area contributed by atoms with Crippen molar-refractivity contribution >= 4 is 27.7 Å². The highest BCUT2D eigenvalue weighted by Crippen LogP contribution is 2.26. The Morgan fingerprint density at radius 3 is 2.46 bits per heavy atom. The molecule has 7 heteroatoms. The van der Waals surface area contributed by atoms with Gasteiger partial charge in [-0.15, -0.1) is 10.2 Å². The summed E-state index contributed by atoms with van der Waals surface area (Å²) < 4.78 is 3.09. The molecule has 2 aromatic carbocycles. The van der Waals surface area contributed by atoms with E-state index in [2.05, 4.69) is 42.8 Å². The molecule has 26 heavy (non-hydrogen) atoms. The fraction of sp³-hybridized carbons (Fsp3) is 0.263. The molecule has 0 aliphatic heterocycles. The first-order valence-electron chi connectivity index (χ1n) is 8.32. The molecular weight excluding hydrogens is 414 g/mol. The molecule has 0 aliphatic rings. The lowest BCUT2D eigenvalue weighted by Crippen LogP contribution is -2.15. The van der Waals surface area contributed by atoms with Crippen LogP contribution in [-0.2, 0) is 13.0 Å². The van der Waals surface area contributed by atoms with E-state index in [1.807, 2.05) is 42.5 Å². The van der Waals surface area contributed by atoms with E-state index in [1.54, 1.807) is 0 Å². The Bertz CT molecular complexity index is 825. The molecule has 1 unspecified atom stereocenters. The highest BCUT2D eigenvalue weighted by atomic mass is 79.9. The maximum Gasteiger partial charge on any atom is 0.191 e. The smallest absolute Gasteiger partial charge is 0.191 e. The van der Waals surface area contributed by atoms with Crippen LogP contribution in [0.15, 0.2) is 64.2 Å². The highest BCUT2D eigenvalue weighted by Gasteiger charge is 2.16. The summed E-state index contributed by atoms with van der Waals surface area (Å²) in [7, 11) is 0. The number of aliphatic hydroxyl groups excluding tert-OH is 2. The molecule has 0 bridgehead atoms. The van der Waals surface area contributed by atoms with Crippen molar-refractivity contribution in [3.05, 3.63) is 64.6 Å². The second-order valence-electron chi connectivity index (χ2n) is 5.85. The molecule has 2 N–H and O–H groups in total. The molecule has 1 atom stereocenters. The van der Waals surface area contributed by atoms with Gasteiger partial charge in [0.05, 0.1) is 12.7 Å². The van der Waals surface area contributed by atoms with Crippen molar-refractivity contribution in [1.29, 1.82) is 0 Å². The molecule has 5 nitrogen and oxygen atoms in total. The van der Waals surface area contributed by atoms with Crippen LogP contribution >= 0.6 is 27.7 Å². The summed E-state index contributed by atoms with van der Waals surface area (Å²) >= 11 is 4.86. The van der Waals surface area contributed by atoms with Crippen LogP contribution in [0.2, 0.25) is 0 Å². The number of aryl methyl sites for hydroxylation is 1. The number of hydrogen-bond donors (Lipinski definition) is 2. The standard InChI is InChI=1S/C19H20BrN3O2S/c20-16-8-6-15(7-9-16)18-21-22-19(26-13-17(25)12-24)23(18)11-10-14-4-2-1-3-5-14/h1-9,17,24-25H,10-13H2. The number of aliphatic hydroxyl groups is 2. The Kier molecular flexibility index (Phi) is 6.85. The maximum absolute atomic E-state index is 9.64. The first kappa shape index (κ1) is 19.1. The fourth-order valence-corrected chi connectivity index (χ4v) is 3.66.